The molecule has 2 aromatic carbocycles. The number of esters is 2. The molecule has 0 amide bonds. The first-order valence-corrected chi connectivity index (χ1v) is 16.4. The van der Waals surface area contributed by atoms with E-state index in [1.165, 1.54) is 0 Å². The summed E-state index contributed by atoms with van der Waals surface area (Å²) >= 11 is 0. The molecule has 46 heavy (non-hydrogen) atoms. The van der Waals surface area contributed by atoms with Crippen LogP contribution in [0.1, 0.15) is 129 Å². The molecule has 0 unspecified atom stereocenters. The molecule has 0 heterocycles. The van der Waals surface area contributed by atoms with Crippen LogP contribution in [0.5, 0.6) is 11.5 Å². The molecule has 2 rings (SSSR count). The summed E-state index contributed by atoms with van der Waals surface area (Å²) in [5.41, 5.74) is 7.27. The summed E-state index contributed by atoms with van der Waals surface area (Å²) in [6, 6.07) is 7.94. The molecule has 0 saturated heterocycles. The van der Waals surface area contributed by atoms with Gasteiger partial charge in [-0.15, -0.1) is 0 Å². The van der Waals surface area contributed by atoms with Gasteiger partial charge in [-0.3, -0.25) is 14.4 Å². The lowest BCUT2D eigenvalue weighted by Crippen LogP contribution is -2.24. The normalized spacial score (nSPS) is 12.7. The molecule has 0 aliphatic heterocycles. The monoisotopic (exact) mass is 641 g/mol. The molecule has 0 aliphatic rings. The summed E-state index contributed by atoms with van der Waals surface area (Å²) in [7, 11) is 0. The number of benzene rings is 2. The third kappa shape index (κ3) is 11.9. The SMILES string of the molecule is CC(C)(C)c1cc(CCC(=O)OCCNOCCOC(=O)CCc2cc(C(C)(C)C)c(O)c(C(C)(C)C)c2)cc(C(C)(C)C)c1O. The van der Waals surface area contributed by atoms with E-state index in [2.05, 4.69) is 88.6 Å². The molecule has 8 heteroatoms. The standard InChI is InChI=1S/C38H59NO7/c1-35(2,3)27-21-25(22-28(33(27)42)36(4,5)6)13-15-31(40)44-18-17-39-46-20-19-45-32(41)16-14-26-23-29(37(7,8)9)34(43)30(24-26)38(10,11)12/h21-24,39,42-43H,13-20H2,1-12H3. The predicted molar refractivity (Wildman–Crippen MR) is 184 cm³/mol. The molecule has 8 nitrogen and oxygen atoms in total. The highest BCUT2D eigenvalue weighted by molar-refractivity contribution is 5.70. The number of aromatic hydroxyl groups is 2. The van der Waals surface area contributed by atoms with Gasteiger partial charge in [-0.1, -0.05) is 107 Å². The quantitative estimate of drug-likeness (QED) is 0.117. The van der Waals surface area contributed by atoms with Gasteiger partial charge < -0.3 is 19.7 Å². The average Bonchev–Trinajstić information content (AvgIpc) is 2.90. The van der Waals surface area contributed by atoms with E-state index in [4.69, 9.17) is 14.3 Å². The minimum atomic E-state index is -0.321. The van der Waals surface area contributed by atoms with Crippen LogP contribution in [0.2, 0.25) is 0 Å². The summed E-state index contributed by atoms with van der Waals surface area (Å²) < 4.78 is 10.6. The van der Waals surface area contributed by atoms with Crippen molar-refractivity contribution in [3.8, 4) is 11.5 Å². The zero-order valence-corrected chi connectivity index (χ0v) is 30.4. The van der Waals surface area contributed by atoms with Crippen LogP contribution in [-0.4, -0.2) is 48.5 Å². The van der Waals surface area contributed by atoms with Gasteiger partial charge in [0, 0.05) is 12.8 Å². The lowest BCUT2D eigenvalue weighted by molar-refractivity contribution is -0.147. The second-order valence-corrected chi connectivity index (χ2v) is 16.3. The number of phenols is 2. The number of nitrogens with one attached hydrogen (secondary N) is 1. The Kier molecular flexibility index (Phi) is 13.3. The van der Waals surface area contributed by atoms with Crippen LogP contribution in [-0.2, 0) is 58.4 Å². The smallest absolute Gasteiger partial charge is 0.306 e. The number of carbonyl (C=O) groups is 2. The number of phenolic OH excluding ortho intramolecular Hbond substituents is 2. The van der Waals surface area contributed by atoms with Gasteiger partial charge in [0.2, 0.25) is 0 Å². The maximum Gasteiger partial charge on any atom is 0.306 e. The molecule has 0 aromatic heterocycles. The number of aryl methyl sites for hydroxylation is 2. The Morgan fingerprint density at radius 3 is 1.22 bits per heavy atom. The molecule has 0 fully saturated rings. The molecule has 0 radical (unpaired) electrons. The van der Waals surface area contributed by atoms with E-state index >= 15 is 0 Å². The van der Waals surface area contributed by atoms with Crippen molar-refractivity contribution >= 4 is 11.9 Å². The van der Waals surface area contributed by atoms with Crippen molar-refractivity contribution in [3.05, 3.63) is 57.6 Å². The van der Waals surface area contributed by atoms with Crippen LogP contribution in [0.15, 0.2) is 24.3 Å². The Morgan fingerprint density at radius 2 is 0.891 bits per heavy atom. The summed E-state index contributed by atoms with van der Waals surface area (Å²) in [6.07, 6.45) is 1.48. The van der Waals surface area contributed by atoms with Gasteiger partial charge >= 0.3 is 11.9 Å². The minimum Gasteiger partial charge on any atom is -0.507 e. The summed E-state index contributed by atoms with van der Waals surface area (Å²) in [4.78, 5) is 30.0. The van der Waals surface area contributed by atoms with Crippen LogP contribution >= 0.6 is 0 Å². The summed E-state index contributed by atoms with van der Waals surface area (Å²) in [5.74, 6) is 0.0178. The van der Waals surface area contributed by atoms with E-state index in [1.807, 2.05) is 24.3 Å². The van der Waals surface area contributed by atoms with Gasteiger partial charge in [-0.2, -0.15) is 5.48 Å². The van der Waals surface area contributed by atoms with Crippen LogP contribution < -0.4 is 5.48 Å². The van der Waals surface area contributed by atoms with E-state index in [-0.39, 0.29) is 66.3 Å². The van der Waals surface area contributed by atoms with Crippen LogP contribution in [0.25, 0.3) is 0 Å². The molecular formula is C38H59NO7. The van der Waals surface area contributed by atoms with E-state index in [1.54, 1.807) is 0 Å². The van der Waals surface area contributed by atoms with Crippen molar-refractivity contribution in [2.45, 2.75) is 130 Å². The highest BCUT2D eigenvalue weighted by Crippen LogP contribution is 2.41. The highest BCUT2D eigenvalue weighted by Gasteiger charge is 2.28. The fourth-order valence-corrected chi connectivity index (χ4v) is 5.15. The van der Waals surface area contributed by atoms with Gasteiger partial charge in [-0.25, -0.2) is 0 Å². The van der Waals surface area contributed by atoms with Crippen molar-refractivity contribution in [2.24, 2.45) is 0 Å². The Bertz CT molecular complexity index is 1160. The maximum atomic E-state index is 12.4. The summed E-state index contributed by atoms with van der Waals surface area (Å²) in [5, 5.41) is 21.8. The second-order valence-electron chi connectivity index (χ2n) is 16.3. The first-order valence-electron chi connectivity index (χ1n) is 16.4. The molecular weight excluding hydrogens is 582 g/mol. The molecule has 0 bridgehead atoms. The fourth-order valence-electron chi connectivity index (χ4n) is 5.15. The van der Waals surface area contributed by atoms with Gasteiger partial charge in [0.25, 0.3) is 0 Å². The topological polar surface area (TPSA) is 114 Å². The van der Waals surface area contributed by atoms with Gasteiger partial charge in [0.05, 0.1) is 6.54 Å². The van der Waals surface area contributed by atoms with Crippen molar-refractivity contribution in [3.63, 3.8) is 0 Å². The Morgan fingerprint density at radius 1 is 0.565 bits per heavy atom. The van der Waals surface area contributed by atoms with Crippen molar-refractivity contribution in [1.82, 2.24) is 5.48 Å². The second kappa shape index (κ2) is 15.7. The first kappa shape index (κ1) is 39.1. The molecule has 3 N–H and O–H groups in total. The largest absolute Gasteiger partial charge is 0.507 e. The highest BCUT2D eigenvalue weighted by atomic mass is 16.7. The lowest BCUT2D eigenvalue weighted by atomic mass is 9.78. The maximum absolute atomic E-state index is 12.4. The number of hydroxylamine groups is 1. The van der Waals surface area contributed by atoms with Gasteiger partial charge in [-0.05, 0) is 67.9 Å². The van der Waals surface area contributed by atoms with Crippen molar-refractivity contribution in [2.75, 3.05) is 26.4 Å². The summed E-state index contributed by atoms with van der Waals surface area (Å²) in [6.45, 7) is 25.5. The number of hydrogen-bond donors (Lipinski definition) is 3. The molecule has 2 aromatic rings. The fraction of sp³-hybridized carbons (Fsp3) is 0.632. The van der Waals surface area contributed by atoms with Crippen LogP contribution in [0.4, 0.5) is 0 Å². The predicted octanol–water partition coefficient (Wildman–Crippen LogP) is 7.46. The molecule has 0 aliphatic carbocycles. The third-order valence-corrected chi connectivity index (χ3v) is 7.82. The van der Waals surface area contributed by atoms with Gasteiger partial charge in [0.1, 0.15) is 31.3 Å². The Balaban J connectivity index is 1.71. The van der Waals surface area contributed by atoms with E-state index in [9.17, 15) is 19.8 Å². The zero-order chi connectivity index (χ0) is 35.1. The number of hydrogen-bond acceptors (Lipinski definition) is 8. The third-order valence-electron chi connectivity index (χ3n) is 7.82. The molecule has 0 spiro atoms. The Hall–Kier alpha value is -3.10. The van der Waals surface area contributed by atoms with E-state index in [0.29, 0.717) is 30.9 Å². The minimum absolute atomic E-state index is 0.0986. The van der Waals surface area contributed by atoms with Crippen molar-refractivity contribution < 1.29 is 34.1 Å². The molecule has 258 valence electrons. The average molecular weight is 642 g/mol. The zero-order valence-electron chi connectivity index (χ0n) is 30.4. The first-order chi connectivity index (χ1) is 21.0. The molecule has 0 saturated carbocycles. The van der Waals surface area contributed by atoms with Crippen LogP contribution in [0.3, 0.4) is 0 Å². The lowest BCUT2D eigenvalue weighted by Gasteiger charge is -2.28. The van der Waals surface area contributed by atoms with E-state index in [0.717, 1.165) is 33.4 Å². The van der Waals surface area contributed by atoms with Crippen LogP contribution in [0, 0.1) is 0 Å². The molecule has 0 atom stereocenters. The number of rotatable bonds is 13. The van der Waals surface area contributed by atoms with Crippen molar-refractivity contribution in [1.29, 1.82) is 0 Å². The number of ether oxygens (including phenoxy) is 2. The Labute approximate surface area is 277 Å². The number of carbonyl (C=O) groups excluding carboxylic acids is 2. The van der Waals surface area contributed by atoms with Gasteiger partial charge in [0.15, 0.2) is 0 Å². The van der Waals surface area contributed by atoms with E-state index < -0.39 is 0 Å².